The predicted molar refractivity (Wildman–Crippen MR) is 107 cm³/mol. The molecule has 0 radical (unpaired) electrons. The second-order valence-electron chi connectivity index (χ2n) is 7.06. The summed E-state index contributed by atoms with van der Waals surface area (Å²) in [5, 5.41) is 0. The third kappa shape index (κ3) is 2.81. The number of nitrogens with zero attached hydrogens (tertiary/aromatic N) is 2. The van der Waals surface area contributed by atoms with E-state index in [4.69, 9.17) is 0 Å². The van der Waals surface area contributed by atoms with Crippen molar-refractivity contribution in [3.05, 3.63) is 57.6 Å². The van der Waals surface area contributed by atoms with Crippen LogP contribution in [0.15, 0.2) is 24.3 Å². The number of carbonyl (C=O) groups excluding carboxylic acids is 2. The van der Waals surface area contributed by atoms with Crippen LogP contribution in [0.1, 0.15) is 33.4 Å². The van der Waals surface area contributed by atoms with Gasteiger partial charge in [0, 0.05) is 0 Å². The standard InChI is InChI=1S/C21H22N2O2Se/c1-11-7-13(3)17(14(4)8-11)22-19(24)20(25)23(21(22)26)18-15(5)9-12(2)10-16(18)6/h7-10H,1-6H3. The van der Waals surface area contributed by atoms with E-state index in [9.17, 15) is 9.59 Å². The van der Waals surface area contributed by atoms with Crippen molar-refractivity contribution in [3.8, 4) is 0 Å². The van der Waals surface area contributed by atoms with Gasteiger partial charge in [-0.1, -0.05) is 0 Å². The molecule has 3 rings (SSSR count). The molecule has 1 saturated heterocycles. The Morgan fingerprint density at radius 2 is 0.885 bits per heavy atom. The molecule has 0 atom stereocenters. The Kier molecular flexibility index (Phi) is 4.63. The Morgan fingerprint density at radius 3 is 1.15 bits per heavy atom. The zero-order valence-corrected chi connectivity index (χ0v) is 17.6. The first-order chi connectivity index (χ1) is 12.1. The monoisotopic (exact) mass is 414 g/mol. The van der Waals surface area contributed by atoms with E-state index in [-0.39, 0.29) is 0 Å². The molecule has 1 heterocycles. The molecule has 0 bridgehead atoms. The van der Waals surface area contributed by atoms with E-state index in [1.807, 2.05) is 65.8 Å². The van der Waals surface area contributed by atoms with Crippen molar-refractivity contribution < 1.29 is 9.59 Å². The summed E-state index contributed by atoms with van der Waals surface area (Å²) in [6.45, 7) is 11.9. The molecular weight excluding hydrogens is 391 g/mol. The van der Waals surface area contributed by atoms with Crippen LogP contribution in [-0.4, -0.2) is 32.1 Å². The van der Waals surface area contributed by atoms with Crippen molar-refractivity contribution in [1.29, 1.82) is 0 Å². The molecule has 4 nitrogen and oxygen atoms in total. The molecule has 0 saturated carbocycles. The molecular formula is C21H22N2O2Se. The van der Waals surface area contributed by atoms with Gasteiger partial charge < -0.3 is 0 Å². The minimum absolute atomic E-state index is 0.505. The second kappa shape index (κ2) is 6.49. The van der Waals surface area contributed by atoms with Gasteiger partial charge >= 0.3 is 162 Å². The van der Waals surface area contributed by atoms with Crippen LogP contribution in [0.2, 0.25) is 0 Å². The topological polar surface area (TPSA) is 40.6 Å². The zero-order valence-electron chi connectivity index (χ0n) is 15.9. The van der Waals surface area contributed by atoms with E-state index >= 15 is 0 Å². The summed E-state index contributed by atoms with van der Waals surface area (Å²) in [6.07, 6.45) is 0. The summed E-state index contributed by atoms with van der Waals surface area (Å²) in [5.74, 6) is -1.07. The van der Waals surface area contributed by atoms with E-state index in [1.165, 1.54) is 9.80 Å². The average Bonchev–Trinajstić information content (AvgIpc) is 2.71. The fourth-order valence-electron chi connectivity index (χ4n) is 3.91. The predicted octanol–water partition coefficient (Wildman–Crippen LogP) is 3.17. The molecule has 2 aromatic rings. The molecule has 2 aromatic carbocycles. The summed E-state index contributed by atoms with van der Waals surface area (Å²) >= 11 is 2.96. The zero-order chi connectivity index (χ0) is 19.3. The van der Waals surface area contributed by atoms with Crippen LogP contribution in [0, 0.1) is 41.5 Å². The van der Waals surface area contributed by atoms with Gasteiger partial charge in [-0.15, -0.1) is 0 Å². The Balaban J connectivity index is 2.17. The molecule has 134 valence electrons. The molecule has 0 N–H and O–H groups in total. The summed E-state index contributed by atoms with van der Waals surface area (Å²) in [6, 6.07) is 8.10. The second-order valence-corrected chi connectivity index (χ2v) is 7.82. The van der Waals surface area contributed by atoms with E-state index in [0.29, 0.717) is 4.67 Å². The third-order valence-corrected chi connectivity index (χ3v) is 5.46. The van der Waals surface area contributed by atoms with Crippen molar-refractivity contribution >= 4 is 43.4 Å². The van der Waals surface area contributed by atoms with E-state index < -0.39 is 11.8 Å². The molecule has 0 aliphatic carbocycles. The molecule has 1 aliphatic heterocycles. The van der Waals surface area contributed by atoms with Gasteiger partial charge in [-0.2, -0.15) is 0 Å². The van der Waals surface area contributed by atoms with Gasteiger partial charge in [-0.3, -0.25) is 0 Å². The van der Waals surface area contributed by atoms with Gasteiger partial charge in [0.25, 0.3) is 0 Å². The molecule has 5 heteroatoms. The quantitative estimate of drug-likeness (QED) is 0.561. The molecule has 0 spiro atoms. The summed E-state index contributed by atoms with van der Waals surface area (Å²) in [7, 11) is 0. The first kappa shape index (κ1) is 18.6. The van der Waals surface area contributed by atoms with Crippen LogP contribution in [0.4, 0.5) is 11.4 Å². The molecule has 1 fully saturated rings. The molecule has 0 unspecified atom stereocenters. The van der Waals surface area contributed by atoms with Gasteiger partial charge in [-0.05, 0) is 0 Å². The summed E-state index contributed by atoms with van der Waals surface area (Å²) < 4.78 is 0.505. The van der Waals surface area contributed by atoms with Crippen molar-refractivity contribution in [2.75, 3.05) is 9.80 Å². The van der Waals surface area contributed by atoms with Crippen molar-refractivity contribution in [2.24, 2.45) is 0 Å². The van der Waals surface area contributed by atoms with Crippen LogP contribution in [-0.2, 0) is 9.59 Å². The van der Waals surface area contributed by atoms with Crippen LogP contribution in [0.5, 0.6) is 0 Å². The first-order valence-electron chi connectivity index (χ1n) is 8.51. The Hall–Kier alpha value is -2.23. The van der Waals surface area contributed by atoms with Gasteiger partial charge in [0.1, 0.15) is 0 Å². The normalized spacial score (nSPS) is 14.6. The number of benzene rings is 2. The van der Waals surface area contributed by atoms with Crippen LogP contribution < -0.4 is 9.80 Å². The first-order valence-corrected chi connectivity index (χ1v) is 9.37. The van der Waals surface area contributed by atoms with Crippen molar-refractivity contribution in [2.45, 2.75) is 41.5 Å². The number of hydrogen-bond acceptors (Lipinski definition) is 2. The number of anilines is 2. The Morgan fingerprint density at radius 1 is 0.615 bits per heavy atom. The van der Waals surface area contributed by atoms with E-state index in [1.54, 1.807) is 0 Å². The maximum absolute atomic E-state index is 12.9. The molecule has 26 heavy (non-hydrogen) atoms. The van der Waals surface area contributed by atoms with Crippen LogP contribution in [0.25, 0.3) is 0 Å². The number of rotatable bonds is 2. The van der Waals surface area contributed by atoms with Crippen LogP contribution in [0.3, 0.4) is 0 Å². The number of hydrogen-bond donors (Lipinski definition) is 0. The molecule has 1 aliphatic rings. The fourth-order valence-corrected chi connectivity index (χ4v) is 4.64. The Labute approximate surface area is 162 Å². The van der Waals surface area contributed by atoms with E-state index in [0.717, 1.165) is 44.8 Å². The van der Waals surface area contributed by atoms with Gasteiger partial charge in [0.2, 0.25) is 0 Å². The number of amides is 2. The van der Waals surface area contributed by atoms with E-state index in [2.05, 4.69) is 15.6 Å². The third-order valence-electron chi connectivity index (χ3n) is 4.69. The number of aryl methyl sites for hydroxylation is 6. The van der Waals surface area contributed by atoms with Gasteiger partial charge in [-0.25, -0.2) is 0 Å². The summed E-state index contributed by atoms with van der Waals surface area (Å²) in [5.41, 5.74) is 7.67. The van der Waals surface area contributed by atoms with Gasteiger partial charge in [0.05, 0.1) is 0 Å². The fraction of sp³-hybridized carbons (Fsp3) is 0.286. The van der Waals surface area contributed by atoms with Gasteiger partial charge in [0.15, 0.2) is 0 Å². The SMILES string of the molecule is Cc1cc(C)c(N2C(=O)C(=O)N(c3c(C)cc(C)cc3C)C2=[Se])c(C)c1. The minimum atomic E-state index is -0.534. The molecule has 2 amide bonds. The number of carbonyl (C=O) groups is 2. The summed E-state index contributed by atoms with van der Waals surface area (Å²) in [4.78, 5) is 28.8. The van der Waals surface area contributed by atoms with Crippen molar-refractivity contribution in [3.63, 3.8) is 0 Å². The average molecular weight is 413 g/mol. The molecule has 0 aromatic heterocycles. The maximum atomic E-state index is 12.9. The van der Waals surface area contributed by atoms with Crippen LogP contribution >= 0.6 is 0 Å². The van der Waals surface area contributed by atoms with Crippen molar-refractivity contribution in [1.82, 2.24) is 0 Å². The Bertz CT molecular complexity index is 854.